The molecule has 3 rings (SSSR count). The second-order valence-corrected chi connectivity index (χ2v) is 5.09. The number of methoxy groups -OCH3 is 1. The van der Waals surface area contributed by atoms with Gasteiger partial charge in [-0.05, 0) is 49.9 Å². The van der Waals surface area contributed by atoms with Crippen molar-refractivity contribution in [3.8, 4) is 5.75 Å². The Morgan fingerprint density at radius 2 is 1.94 bits per heavy atom. The van der Waals surface area contributed by atoms with Crippen molar-refractivity contribution in [2.75, 3.05) is 18.6 Å². The highest BCUT2D eigenvalue weighted by Crippen LogP contribution is 2.44. The minimum atomic E-state index is 0.0334. The Kier molecular flexibility index (Phi) is 2.65. The molecule has 0 bridgehead atoms. The van der Waals surface area contributed by atoms with E-state index in [0.717, 1.165) is 37.2 Å². The number of ether oxygens (including phenoxy) is 1. The van der Waals surface area contributed by atoms with Gasteiger partial charge in [-0.25, -0.2) is 4.79 Å². The maximum absolute atomic E-state index is 12.1. The van der Waals surface area contributed by atoms with E-state index in [1.807, 2.05) is 29.2 Å². The van der Waals surface area contributed by atoms with Gasteiger partial charge in [0.1, 0.15) is 5.75 Å². The maximum Gasteiger partial charge on any atom is 0.322 e. The Hall–Kier alpha value is -1.71. The number of carbonyl (C=O) groups excluding carboxylic acids is 1. The van der Waals surface area contributed by atoms with Gasteiger partial charge in [0.25, 0.3) is 0 Å². The highest BCUT2D eigenvalue weighted by molar-refractivity contribution is 5.94. The van der Waals surface area contributed by atoms with Crippen LogP contribution in [-0.4, -0.2) is 25.2 Å². The van der Waals surface area contributed by atoms with Crippen LogP contribution in [0.15, 0.2) is 24.3 Å². The van der Waals surface area contributed by atoms with Crippen LogP contribution in [0.2, 0.25) is 0 Å². The number of carbonyl (C=O) groups is 1. The van der Waals surface area contributed by atoms with Gasteiger partial charge in [-0.3, -0.25) is 4.90 Å². The monoisotopic (exact) mass is 246 g/mol. The van der Waals surface area contributed by atoms with Gasteiger partial charge in [0, 0.05) is 12.2 Å². The number of urea groups is 1. The molecule has 18 heavy (non-hydrogen) atoms. The van der Waals surface area contributed by atoms with Crippen molar-refractivity contribution in [3.63, 3.8) is 0 Å². The van der Waals surface area contributed by atoms with Crippen molar-refractivity contribution in [2.24, 2.45) is 0 Å². The summed E-state index contributed by atoms with van der Waals surface area (Å²) >= 11 is 0. The fraction of sp³-hybridized carbons (Fsp3) is 0.500. The molecule has 0 aromatic heterocycles. The van der Waals surface area contributed by atoms with Crippen LogP contribution in [0.3, 0.4) is 0 Å². The Balaban J connectivity index is 1.93. The number of anilines is 1. The van der Waals surface area contributed by atoms with E-state index >= 15 is 0 Å². The first-order chi connectivity index (χ1) is 8.75. The van der Waals surface area contributed by atoms with Gasteiger partial charge in [-0.2, -0.15) is 0 Å². The number of amides is 2. The smallest absolute Gasteiger partial charge is 0.322 e. The van der Waals surface area contributed by atoms with E-state index in [-0.39, 0.29) is 11.6 Å². The number of nitrogens with zero attached hydrogens (tertiary/aromatic N) is 1. The number of benzene rings is 1. The summed E-state index contributed by atoms with van der Waals surface area (Å²) in [5, 5.41) is 2.94. The number of nitrogens with one attached hydrogen (secondary N) is 1. The largest absolute Gasteiger partial charge is 0.497 e. The minimum Gasteiger partial charge on any atom is -0.497 e. The summed E-state index contributed by atoms with van der Waals surface area (Å²) in [4.78, 5) is 14.1. The number of hydrogen-bond acceptors (Lipinski definition) is 2. The van der Waals surface area contributed by atoms with E-state index in [1.54, 1.807) is 7.11 Å². The number of hydrogen-bond donors (Lipinski definition) is 1. The van der Waals surface area contributed by atoms with E-state index in [4.69, 9.17) is 4.74 Å². The van der Waals surface area contributed by atoms with Crippen molar-refractivity contribution in [3.05, 3.63) is 24.3 Å². The lowest BCUT2D eigenvalue weighted by atomic mass is 9.72. The first kappa shape index (κ1) is 11.4. The molecule has 2 amide bonds. The Morgan fingerprint density at radius 1 is 1.22 bits per heavy atom. The summed E-state index contributed by atoms with van der Waals surface area (Å²) in [6.07, 6.45) is 4.50. The third-order valence-electron chi connectivity index (χ3n) is 4.16. The molecule has 0 atom stereocenters. The van der Waals surface area contributed by atoms with Crippen molar-refractivity contribution in [2.45, 2.75) is 31.2 Å². The van der Waals surface area contributed by atoms with Crippen molar-refractivity contribution >= 4 is 11.7 Å². The van der Waals surface area contributed by atoms with Gasteiger partial charge in [0.2, 0.25) is 0 Å². The first-order valence-corrected chi connectivity index (χ1v) is 6.47. The fourth-order valence-electron chi connectivity index (χ4n) is 2.99. The lowest BCUT2D eigenvalue weighted by molar-refractivity contribution is 0.178. The molecule has 1 saturated heterocycles. The maximum atomic E-state index is 12.1. The Morgan fingerprint density at radius 3 is 2.50 bits per heavy atom. The van der Waals surface area contributed by atoms with Crippen LogP contribution in [0, 0.1) is 0 Å². The molecule has 1 saturated carbocycles. The molecule has 2 aliphatic rings. The number of rotatable bonds is 2. The summed E-state index contributed by atoms with van der Waals surface area (Å²) in [6, 6.07) is 7.77. The van der Waals surface area contributed by atoms with Crippen LogP contribution in [0.1, 0.15) is 25.7 Å². The molecule has 1 aromatic rings. The molecule has 1 spiro atoms. The predicted octanol–water partition coefficient (Wildman–Crippen LogP) is 2.54. The topological polar surface area (TPSA) is 41.6 Å². The van der Waals surface area contributed by atoms with Gasteiger partial charge in [-0.1, -0.05) is 0 Å². The summed E-state index contributed by atoms with van der Waals surface area (Å²) in [5.41, 5.74) is 1.03. The molecular formula is C14H18N2O2. The Labute approximate surface area is 107 Å². The average molecular weight is 246 g/mol. The molecule has 0 radical (unpaired) electrons. The molecule has 96 valence electrons. The molecule has 4 heteroatoms. The molecule has 1 aliphatic carbocycles. The summed E-state index contributed by atoms with van der Waals surface area (Å²) < 4.78 is 5.16. The lowest BCUT2D eigenvalue weighted by Gasteiger charge is -2.52. The molecule has 1 N–H and O–H groups in total. The molecule has 2 fully saturated rings. The average Bonchev–Trinajstić information content (AvgIpc) is 2.37. The third-order valence-corrected chi connectivity index (χ3v) is 4.16. The van der Waals surface area contributed by atoms with E-state index in [1.165, 1.54) is 6.42 Å². The van der Waals surface area contributed by atoms with Gasteiger partial charge in [0.05, 0.1) is 12.6 Å². The molecule has 1 heterocycles. The van der Waals surface area contributed by atoms with Crippen LogP contribution >= 0.6 is 0 Å². The lowest BCUT2D eigenvalue weighted by Crippen LogP contribution is -2.64. The SMILES string of the molecule is COc1ccc(N2C(=O)NCCC23CCC3)cc1. The molecule has 1 aromatic carbocycles. The van der Waals surface area contributed by atoms with Gasteiger partial charge in [0.15, 0.2) is 0 Å². The quantitative estimate of drug-likeness (QED) is 0.871. The zero-order chi connectivity index (χ0) is 12.6. The van der Waals surface area contributed by atoms with E-state index < -0.39 is 0 Å². The van der Waals surface area contributed by atoms with Gasteiger partial charge >= 0.3 is 6.03 Å². The van der Waals surface area contributed by atoms with E-state index in [0.29, 0.717) is 0 Å². The van der Waals surface area contributed by atoms with E-state index in [9.17, 15) is 4.79 Å². The van der Waals surface area contributed by atoms with Crippen molar-refractivity contribution in [1.29, 1.82) is 0 Å². The summed E-state index contributed by atoms with van der Waals surface area (Å²) in [7, 11) is 1.65. The highest BCUT2D eigenvalue weighted by Gasteiger charge is 2.47. The molecule has 1 aliphatic heterocycles. The summed E-state index contributed by atoms with van der Waals surface area (Å²) in [5.74, 6) is 0.818. The fourth-order valence-corrected chi connectivity index (χ4v) is 2.99. The predicted molar refractivity (Wildman–Crippen MR) is 70.1 cm³/mol. The summed E-state index contributed by atoms with van der Waals surface area (Å²) in [6.45, 7) is 0.797. The van der Waals surface area contributed by atoms with Crippen molar-refractivity contribution in [1.82, 2.24) is 5.32 Å². The van der Waals surface area contributed by atoms with Crippen LogP contribution in [-0.2, 0) is 0 Å². The highest BCUT2D eigenvalue weighted by atomic mass is 16.5. The molecule has 4 nitrogen and oxygen atoms in total. The second kappa shape index (κ2) is 4.19. The normalized spacial score (nSPS) is 21.4. The van der Waals surface area contributed by atoms with Gasteiger partial charge < -0.3 is 10.1 Å². The zero-order valence-corrected chi connectivity index (χ0v) is 10.6. The Bertz CT molecular complexity index is 451. The minimum absolute atomic E-state index is 0.0334. The van der Waals surface area contributed by atoms with E-state index in [2.05, 4.69) is 5.32 Å². The molecule has 0 unspecified atom stereocenters. The first-order valence-electron chi connectivity index (χ1n) is 6.47. The standard InChI is InChI=1S/C14H18N2O2/c1-18-12-5-3-11(4-6-12)16-13(17)15-10-9-14(16)7-2-8-14/h3-6H,2,7-10H2,1H3,(H,15,17). The molecular weight excluding hydrogens is 228 g/mol. The van der Waals surface area contributed by atoms with Crippen molar-refractivity contribution < 1.29 is 9.53 Å². The van der Waals surface area contributed by atoms with Crippen LogP contribution in [0.5, 0.6) is 5.75 Å². The van der Waals surface area contributed by atoms with Crippen LogP contribution in [0.25, 0.3) is 0 Å². The second-order valence-electron chi connectivity index (χ2n) is 5.09. The third kappa shape index (κ3) is 1.64. The van der Waals surface area contributed by atoms with Gasteiger partial charge in [-0.15, -0.1) is 0 Å². The zero-order valence-electron chi connectivity index (χ0n) is 10.6. The van der Waals surface area contributed by atoms with Crippen LogP contribution in [0.4, 0.5) is 10.5 Å². The van der Waals surface area contributed by atoms with Crippen LogP contribution < -0.4 is 15.0 Å².